The quantitative estimate of drug-likeness (QED) is 0.827. The van der Waals surface area contributed by atoms with E-state index in [1.54, 1.807) is 18.2 Å². The average molecular weight is 347 g/mol. The summed E-state index contributed by atoms with van der Waals surface area (Å²) in [5, 5.41) is 12.9. The van der Waals surface area contributed by atoms with Crippen LogP contribution in [-0.4, -0.2) is 24.2 Å². The second kappa shape index (κ2) is 11.0. The fourth-order valence-electron chi connectivity index (χ4n) is 3.60. The topological polar surface area (TPSA) is 58.6 Å². The molecule has 25 heavy (non-hydrogen) atoms. The first-order valence-electron chi connectivity index (χ1n) is 9.84. The molecule has 140 valence electrons. The molecule has 0 aromatic heterocycles. The number of amides is 1. The number of hydrogen-bond acceptors (Lipinski definition) is 3. The van der Waals surface area contributed by atoms with Crippen LogP contribution in [-0.2, 0) is 11.2 Å². The molecular weight excluding hydrogens is 314 g/mol. The van der Waals surface area contributed by atoms with Crippen LogP contribution in [0.2, 0.25) is 0 Å². The molecule has 2 rings (SSSR count). The van der Waals surface area contributed by atoms with E-state index >= 15 is 0 Å². The zero-order chi connectivity index (χ0) is 17.9. The lowest BCUT2D eigenvalue weighted by molar-refractivity contribution is -0.121. The molecular formula is C21H33NO3. The molecule has 0 saturated heterocycles. The first-order chi connectivity index (χ1) is 12.2. The van der Waals surface area contributed by atoms with Crippen molar-refractivity contribution in [1.82, 2.24) is 5.32 Å². The van der Waals surface area contributed by atoms with E-state index in [1.165, 1.54) is 64.9 Å². The van der Waals surface area contributed by atoms with Crippen molar-refractivity contribution in [2.75, 3.05) is 7.11 Å². The summed E-state index contributed by atoms with van der Waals surface area (Å²) >= 11 is 0. The summed E-state index contributed by atoms with van der Waals surface area (Å²) in [6.45, 7) is 0. The fourth-order valence-corrected chi connectivity index (χ4v) is 3.60. The minimum absolute atomic E-state index is 0.0600. The van der Waals surface area contributed by atoms with E-state index in [-0.39, 0.29) is 11.7 Å². The van der Waals surface area contributed by atoms with E-state index in [2.05, 4.69) is 5.32 Å². The summed E-state index contributed by atoms with van der Waals surface area (Å²) in [5.74, 6) is 0.576. The maximum absolute atomic E-state index is 12.4. The molecule has 0 radical (unpaired) electrons. The van der Waals surface area contributed by atoms with Crippen LogP contribution in [0.1, 0.15) is 76.2 Å². The number of hydrogen-bond donors (Lipinski definition) is 2. The van der Waals surface area contributed by atoms with Gasteiger partial charge in [0.25, 0.3) is 0 Å². The summed E-state index contributed by atoms with van der Waals surface area (Å²) in [7, 11) is 1.52. The molecule has 0 spiro atoms. The molecule has 1 aliphatic rings. The van der Waals surface area contributed by atoms with Gasteiger partial charge in [0.15, 0.2) is 11.5 Å². The Morgan fingerprint density at radius 1 is 1.04 bits per heavy atom. The number of carbonyl (C=O) groups is 1. The summed E-state index contributed by atoms with van der Waals surface area (Å²) in [5.41, 5.74) is 0.861. The Bertz CT molecular complexity index is 518. The van der Waals surface area contributed by atoms with Gasteiger partial charge in [0.05, 0.1) is 13.5 Å². The minimum atomic E-state index is 0.0600. The normalized spacial score (nSPS) is 18.0. The van der Waals surface area contributed by atoms with Crippen molar-refractivity contribution < 1.29 is 14.6 Å². The minimum Gasteiger partial charge on any atom is -0.504 e. The molecule has 2 N–H and O–H groups in total. The van der Waals surface area contributed by atoms with E-state index in [1.807, 2.05) is 0 Å². The van der Waals surface area contributed by atoms with Gasteiger partial charge in [0.1, 0.15) is 0 Å². The number of phenols is 1. The van der Waals surface area contributed by atoms with E-state index in [0.717, 1.165) is 18.4 Å². The van der Waals surface area contributed by atoms with Crippen LogP contribution in [0, 0.1) is 0 Å². The second-order valence-corrected chi connectivity index (χ2v) is 7.21. The molecule has 1 fully saturated rings. The molecule has 4 nitrogen and oxygen atoms in total. The summed E-state index contributed by atoms with van der Waals surface area (Å²) in [6.07, 6.45) is 14.2. The number of benzene rings is 1. The van der Waals surface area contributed by atoms with Crippen molar-refractivity contribution in [3.63, 3.8) is 0 Å². The lowest BCUT2D eigenvalue weighted by Crippen LogP contribution is -2.36. The maximum atomic E-state index is 12.4. The second-order valence-electron chi connectivity index (χ2n) is 7.21. The number of methoxy groups -OCH3 is 1. The number of carbonyl (C=O) groups excluding carboxylic acids is 1. The molecule has 4 heteroatoms. The smallest absolute Gasteiger partial charge is 0.224 e. The van der Waals surface area contributed by atoms with Gasteiger partial charge < -0.3 is 15.2 Å². The van der Waals surface area contributed by atoms with Gasteiger partial charge in [0.2, 0.25) is 5.91 Å². The third kappa shape index (κ3) is 7.37. The number of ether oxygens (including phenoxy) is 1. The van der Waals surface area contributed by atoms with Crippen LogP contribution in [0.25, 0.3) is 0 Å². The van der Waals surface area contributed by atoms with Crippen molar-refractivity contribution in [1.29, 1.82) is 0 Å². The largest absolute Gasteiger partial charge is 0.504 e. The van der Waals surface area contributed by atoms with Gasteiger partial charge in [-0.2, -0.15) is 0 Å². The van der Waals surface area contributed by atoms with Crippen LogP contribution in [0.15, 0.2) is 18.2 Å². The van der Waals surface area contributed by atoms with Crippen LogP contribution in [0.5, 0.6) is 11.5 Å². The third-order valence-electron chi connectivity index (χ3n) is 5.08. The molecule has 1 amide bonds. The number of aromatic hydroxyl groups is 1. The molecule has 0 bridgehead atoms. The lowest BCUT2D eigenvalue weighted by atomic mass is 9.97. The third-order valence-corrected chi connectivity index (χ3v) is 5.08. The Morgan fingerprint density at radius 3 is 2.16 bits per heavy atom. The van der Waals surface area contributed by atoms with Crippen molar-refractivity contribution in [2.24, 2.45) is 0 Å². The number of nitrogens with one attached hydrogen (secondary N) is 1. The highest BCUT2D eigenvalue weighted by Crippen LogP contribution is 2.26. The fraction of sp³-hybridized carbons (Fsp3) is 0.667. The Balaban J connectivity index is 1.85. The monoisotopic (exact) mass is 347 g/mol. The molecule has 0 unspecified atom stereocenters. The molecule has 1 aromatic carbocycles. The number of phenolic OH excluding ortho intramolecular Hbond substituents is 1. The summed E-state index contributed by atoms with van der Waals surface area (Å²) in [6, 6.07) is 5.39. The molecule has 0 aliphatic heterocycles. The molecule has 0 atom stereocenters. The van der Waals surface area contributed by atoms with Crippen LogP contribution >= 0.6 is 0 Å². The van der Waals surface area contributed by atoms with Crippen LogP contribution < -0.4 is 10.1 Å². The van der Waals surface area contributed by atoms with E-state index in [9.17, 15) is 9.90 Å². The number of rotatable bonds is 4. The highest BCUT2D eigenvalue weighted by atomic mass is 16.5. The molecule has 1 saturated carbocycles. The van der Waals surface area contributed by atoms with Gasteiger partial charge in [-0.15, -0.1) is 0 Å². The Hall–Kier alpha value is -1.71. The summed E-state index contributed by atoms with van der Waals surface area (Å²) in [4.78, 5) is 12.4. The highest BCUT2D eigenvalue weighted by Gasteiger charge is 2.14. The average Bonchev–Trinajstić information content (AvgIpc) is 2.59. The van der Waals surface area contributed by atoms with Gasteiger partial charge in [0, 0.05) is 6.04 Å². The Kier molecular flexibility index (Phi) is 8.64. The summed E-state index contributed by atoms with van der Waals surface area (Å²) < 4.78 is 5.11. The zero-order valence-electron chi connectivity index (χ0n) is 15.6. The van der Waals surface area contributed by atoms with Crippen LogP contribution in [0.3, 0.4) is 0 Å². The van der Waals surface area contributed by atoms with Crippen molar-refractivity contribution in [3.8, 4) is 11.5 Å². The molecule has 0 heterocycles. The predicted octanol–water partition coefficient (Wildman–Crippen LogP) is 4.73. The van der Waals surface area contributed by atoms with E-state index in [4.69, 9.17) is 4.74 Å². The van der Waals surface area contributed by atoms with E-state index in [0.29, 0.717) is 18.2 Å². The standard InChI is InChI=1S/C21H33NO3/c1-25-20-15-17(13-14-19(20)23)16-21(24)22-18-11-9-7-5-3-2-4-6-8-10-12-18/h13-15,18,23H,2-12,16H2,1H3,(H,22,24). The van der Waals surface area contributed by atoms with Gasteiger partial charge >= 0.3 is 0 Å². The highest BCUT2D eigenvalue weighted by molar-refractivity contribution is 5.79. The Morgan fingerprint density at radius 2 is 1.60 bits per heavy atom. The van der Waals surface area contributed by atoms with Gasteiger partial charge in [-0.25, -0.2) is 0 Å². The van der Waals surface area contributed by atoms with E-state index < -0.39 is 0 Å². The lowest BCUT2D eigenvalue weighted by Gasteiger charge is -2.20. The first-order valence-corrected chi connectivity index (χ1v) is 9.84. The van der Waals surface area contributed by atoms with Gasteiger partial charge in [-0.1, -0.05) is 63.9 Å². The zero-order valence-corrected chi connectivity index (χ0v) is 15.6. The Labute approximate surface area is 152 Å². The van der Waals surface area contributed by atoms with Gasteiger partial charge in [-0.05, 0) is 30.5 Å². The maximum Gasteiger partial charge on any atom is 0.224 e. The van der Waals surface area contributed by atoms with Gasteiger partial charge in [-0.3, -0.25) is 4.79 Å². The first kappa shape index (κ1) is 19.6. The van der Waals surface area contributed by atoms with Crippen molar-refractivity contribution >= 4 is 5.91 Å². The SMILES string of the molecule is COc1cc(CC(=O)NC2CCCCCCCCCCC2)ccc1O. The van der Waals surface area contributed by atoms with Crippen molar-refractivity contribution in [2.45, 2.75) is 83.1 Å². The predicted molar refractivity (Wildman–Crippen MR) is 101 cm³/mol. The molecule has 1 aromatic rings. The van der Waals surface area contributed by atoms with Crippen molar-refractivity contribution in [3.05, 3.63) is 23.8 Å². The van der Waals surface area contributed by atoms with Crippen LogP contribution in [0.4, 0.5) is 0 Å². The molecule has 1 aliphatic carbocycles.